The lowest BCUT2D eigenvalue weighted by Gasteiger charge is -2.37. The number of hydrogen-bond donors (Lipinski definition) is 0. The highest BCUT2D eigenvalue weighted by Gasteiger charge is 2.39. The van der Waals surface area contributed by atoms with Crippen LogP contribution in [0.5, 0.6) is 11.5 Å². The zero-order valence-electron chi connectivity index (χ0n) is 17.2. The molecule has 2 aromatic carbocycles. The first kappa shape index (κ1) is 20.1. The Morgan fingerprint density at radius 1 is 1.07 bits per heavy atom. The minimum atomic E-state index is -1.16. The van der Waals surface area contributed by atoms with Crippen LogP contribution in [0.15, 0.2) is 36.4 Å². The van der Waals surface area contributed by atoms with E-state index in [-0.39, 0.29) is 17.5 Å². The first-order valence-corrected chi connectivity index (χ1v) is 10.4. The van der Waals surface area contributed by atoms with Crippen LogP contribution in [0.1, 0.15) is 36.0 Å². The molecule has 1 saturated heterocycles. The molecule has 2 aliphatic rings. The maximum absolute atomic E-state index is 15.6. The molecule has 0 amide bonds. The van der Waals surface area contributed by atoms with Gasteiger partial charge in [-0.15, -0.1) is 0 Å². The first-order valence-electron chi connectivity index (χ1n) is 10.4. The molecule has 0 N–H and O–H groups in total. The Hall–Kier alpha value is -2.14. The Kier molecular flexibility index (Phi) is 5.77. The molecule has 29 heavy (non-hydrogen) atoms. The minimum Gasteiger partial charge on any atom is -0.493 e. The van der Waals surface area contributed by atoms with Crippen molar-refractivity contribution in [3.05, 3.63) is 58.9 Å². The van der Waals surface area contributed by atoms with Gasteiger partial charge in [0, 0.05) is 19.6 Å². The van der Waals surface area contributed by atoms with Crippen LogP contribution in [0.25, 0.3) is 0 Å². The van der Waals surface area contributed by atoms with E-state index in [1.54, 1.807) is 0 Å². The molecular weight excluding hydrogens is 372 g/mol. The van der Waals surface area contributed by atoms with Gasteiger partial charge in [0.15, 0.2) is 17.3 Å². The van der Waals surface area contributed by atoms with Crippen LogP contribution >= 0.6 is 0 Å². The van der Waals surface area contributed by atoms with Crippen LogP contribution in [0.4, 0.5) is 8.78 Å². The SMILES string of the molecule is COc1cc2c(c(F)c1OC)CC(CC1(F)CCN(Cc3ccccc3)CC1)C2. The van der Waals surface area contributed by atoms with Crippen LogP contribution < -0.4 is 9.47 Å². The number of likely N-dealkylation sites (tertiary alicyclic amines) is 1. The summed E-state index contributed by atoms with van der Waals surface area (Å²) in [6, 6.07) is 12.2. The van der Waals surface area contributed by atoms with Gasteiger partial charge in [-0.2, -0.15) is 0 Å². The lowest BCUT2D eigenvalue weighted by Crippen LogP contribution is -2.42. The van der Waals surface area contributed by atoms with Crippen molar-refractivity contribution >= 4 is 0 Å². The Morgan fingerprint density at radius 2 is 1.79 bits per heavy atom. The lowest BCUT2D eigenvalue weighted by molar-refractivity contribution is 0.0349. The van der Waals surface area contributed by atoms with Crippen molar-refractivity contribution in [3.63, 3.8) is 0 Å². The molecule has 1 heterocycles. The fraction of sp³-hybridized carbons (Fsp3) is 0.500. The van der Waals surface area contributed by atoms with Crippen LogP contribution in [-0.2, 0) is 19.4 Å². The molecule has 1 atom stereocenters. The van der Waals surface area contributed by atoms with Crippen molar-refractivity contribution in [1.29, 1.82) is 0 Å². The highest BCUT2D eigenvalue weighted by molar-refractivity contribution is 5.50. The van der Waals surface area contributed by atoms with Crippen LogP contribution in [-0.4, -0.2) is 37.9 Å². The summed E-state index contributed by atoms with van der Waals surface area (Å²) in [5.41, 5.74) is 1.70. The molecule has 0 radical (unpaired) electrons. The summed E-state index contributed by atoms with van der Waals surface area (Å²) in [5.74, 6) is 0.335. The van der Waals surface area contributed by atoms with Crippen LogP contribution in [0, 0.1) is 11.7 Å². The predicted octanol–water partition coefficient (Wildman–Crippen LogP) is 4.95. The summed E-state index contributed by atoms with van der Waals surface area (Å²) >= 11 is 0. The zero-order valence-corrected chi connectivity index (χ0v) is 17.2. The second kappa shape index (κ2) is 8.31. The van der Waals surface area contributed by atoms with Gasteiger partial charge >= 0.3 is 0 Å². The van der Waals surface area contributed by atoms with E-state index in [0.29, 0.717) is 43.4 Å². The lowest BCUT2D eigenvalue weighted by atomic mass is 9.83. The molecule has 1 fully saturated rings. The van der Waals surface area contributed by atoms with Gasteiger partial charge in [-0.1, -0.05) is 30.3 Å². The molecule has 1 aliphatic carbocycles. The highest BCUT2D eigenvalue weighted by atomic mass is 19.1. The number of piperidine rings is 1. The van der Waals surface area contributed by atoms with Gasteiger partial charge in [0.1, 0.15) is 5.67 Å². The molecule has 0 aromatic heterocycles. The number of ether oxygens (including phenoxy) is 2. The number of nitrogens with zero attached hydrogens (tertiary/aromatic N) is 1. The van der Waals surface area contributed by atoms with Gasteiger partial charge in [-0.05, 0) is 60.8 Å². The van der Waals surface area contributed by atoms with Gasteiger partial charge in [-0.3, -0.25) is 4.90 Å². The highest BCUT2D eigenvalue weighted by Crippen LogP contribution is 2.43. The standard InChI is InChI=1S/C24H29F2NO2/c1-28-21-14-19-12-18(13-20(19)22(25)23(21)29-2)15-24(26)8-10-27(11-9-24)16-17-6-4-3-5-7-17/h3-7,14,18H,8-13,15-16H2,1-2H3. The second-order valence-corrected chi connectivity index (χ2v) is 8.45. The zero-order chi connectivity index (χ0) is 20.4. The van der Waals surface area contributed by atoms with E-state index in [1.807, 2.05) is 24.3 Å². The molecule has 156 valence electrons. The largest absolute Gasteiger partial charge is 0.493 e. The molecule has 0 bridgehead atoms. The first-order chi connectivity index (χ1) is 14.0. The number of hydrogen-bond acceptors (Lipinski definition) is 3. The summed E-state index contributed by atoms with van der Waals surface area (Å²) in [6.45, 7) is 2.40. The van der Waals surface area contributed by atoms with Crippen molar-refractivity contribution in [3.8, 4) is 11.5 Å². The van der Waals surface area contributed by atoms with Gasteiger partial charge in [-0.25, -0.2) is 8.78 Å². The minimum absolute atomic E-state index is 0.127. The van der Waals surface area contributed by atoms with Crippen LogP contribution in [0.2, 0.25) is 0 Å². The molecule has 0 saturated carbocycles. The Balaban J connectivity index is 1.37. The number of alkyl halides is 1. The number of benzene rings is 2. The third-order valence-electron chi connectivity index (χ3n) is 6.46. The van der Waals surface area contributed by atoms with E-state index in [2.05, 4.69) is 17.0 Å². The van der Waals surface area contributed by atoms with Gasteiger partial charge in [0.05, 0.1) is 14.2 Å². The molecule has 1 aliphatic heterocycles. The smallest absolute Gasteiger partial charge is 0.197 e. The molecule has 1 unspecified atom stereocenters. The van der Waals surface area contributed by atoms with Crippen molar-refractivity contribution < 1.29 is 18.3 Å². The van der Waals surface area contributed by atoms with Gasteiger partial charge in [0.25, 0.3) is 0 Å². The molecule has 4 rings (SSSR count). The fourth-order valence-electron chi connectivity index (χ4n) is 4.93. The number of rotatable bonds is 6. The Morgan fingerprint density at radius 3 is 2.45 bits per heavy atom. The van der Waals surface area contributed by atoms with Crippen molar-refractivity contribution in [1.82, 2.24) is 4.90 Å². The molecule has 0 spiro atoms. The number of fused-ring (bicyclic) bond motifs is 1. The van der Waals surface area contributed by atoms with E-state index in [1.165, 1.54) is 19.8 Å². The molecule has 2 aromatic rings. The Bertz CT molecular complexity index is 848. The third kappa shape index (κ3) is 4.25. The average Bonchev–Trinajstić information content (AvgIpc) is 3.13. The third-order valence-corrected chi connectivity index (χ3v) is 6.46. The predicted molar refractivity (Wildman–Crippen MR) is 110 cm³/mol. The molecular formula is C24H29F2NO2. The molecule has 5 heteroatoms. The second-order valence-electron chi connectivity index (χ2n) is 8.45. The Labute approximate surface area is 171 Å². The van der Waals surface area contributed by atoms with E-state index in [9.17, 15) is 4.39 Å². The van der Waals surface area contributed by atoms with Gasteiger partial charge < -0.3 is 9.47 Å². The summed E-state index contributed by atoms with van der Waals surface area (Å²) in [5, 5.41) is 0. The van der Waals surface area contributed by atoms with Crippen molar-refractivity contribution in [2.24, 2.45) is 5.92 Å². The summed E-state index contributed by atoms with van der Waals surface area (Å²) < 4.78 is 40.8. The van der Waals surface area contributed by atoms with E-state index < -0.39 is 5.67 Å². The fourth-order valence-corrected chi connectivity index (χ4v) is 4.93. The van der Waals surface area contributed by atoms with E-state index >= 15 is 4.39 Å². The quantitative estimate of drug-likeness (QED) is 0.684. The maximum Gasteiger partial charge on any atom is 0.197 e. The normalized spacial score (nSPS) is 21.0. The van der Waals surface area contributed by atoms with Crippen molar-refractivity contribution in [2.75, 3.05) is 27.3 Å². The van der Waals surface area contributed by atoms with E-state index in [4.69, 9.17) is 9.47 Å². The summed E-state index contributed by atoms with van der Waals surface area (Å²) in [4.78, 5) is 2.33. The summed E-state index contributed by atoms with van der Waals surface area (Å²) in [7, 11) is 2.95. The monoisotopic (exact) mass is 401 g/mol. The summed E-state index contributed by atoms with van der Waals surface area (Å²) in [6.07, 6.45) is 2.85. The van der Waals surface area contributed by atoms with Crippen LogP contribution in [0.3, 0.4) is 0 Å². The topological polar surface area (TPSA) is 21.7 Å². The van der Waals surface area contributed by atoms with Crippen molar-refractivity contribution in [2.45, 2.75) is 44.3 Å². The molecule has 3 nitrogen and oxygen atoms in total. The average molecular weight is 401 g/mol. The number of methoxy groups -OCH3 is 2. The van der Waals surface area contributed by atoms with E-state index in [0.717, 1.165) is 25.2 Å². The van der Waals surface area contributed by atoms with Gasteiger partial charge in [0.2, 0.25) is 0 Å². The number of halogens is 2. The maximum atomic E-state index is 15.6.